The lowest BCUT2D eigenvalue weighted by Crippen LogP contribution is -2.54. The second-order valence-corrected chi connectivity index (χ2v) is 37.1. The molecule has 0 saturated carbocycles. The molecule has 5 unspecified atom stereocenters. The van der Waals surface area contributed by atoms with Crippen LogP contribution in [0.25, 0.3) is 54.9 Å². The number of likely N-dealkylation sites (N-methyl/N-ethyl adjacent to an activating group) is 5. The minimum absolute atomic E-state index is 0.581. The molecule has 0 radical (unpaired) electrons. The van der Waals surface area contributed by atoms with Crippen molar-refractivity contribution in [2.24, 2.45) is 5.92 Å². The molecule has 0 spiro atoms. The van der Waals surface area contributed by atoms with Gasteiger partial charge in [0.15, 0.2) is 0 Å². The fourth-order valence-corrected chi connectivity index (χ4v) is 21.5. The van der Waals surface area contributed by atoms with Gasteiger partial charge in [0.2, 0.25) is 0 Å². The van der Waals surface area contributed by atoms with Gasteiger partial charge in [0.25, 0.3) is 0 Å². The average Bonchev–Trinajstić information content (AvgIpc) is 1.64. The van der Waals surface area contributed by atoms with Crippen molar-refractivity contribution in [2.75, 3.05) is 167 Å². The van der Waals surface area contributed by atoms with Crippen LogP contribution in [0.4, 0.5) is 0 Å². The highest BCUT2D eigenvalue weighted by Crippen LogP contribution is 2.37. The van der Waals surface area contributed by atoms with Gasteiger partial charge in [0.1, 0.15) is 17.6 Å². The van der Waals surface area contributed by atoms with Crippen molar-refractivity contribution in [3.8, 4) is 0 Å². The molecular formula is C93H139N23. The standard InChI is InChI=1S/C20H31N5.C19H29N5.C19H28N4.C18H26N4.C17H25N5/c1-14-9-17-18-13-23(4)6-5-19(18)25(20(17)10-21-14)8-7-24-11-15(2)22-16(3)12-24;1-14-4-5-18-19(21-14)16-13-22(3)8-6-17(16)24(18)11-10-23-9-7-20-12-15(23)2;1-14-10-16-17-13-22(3)8-6-18(17)23(19(16)20-11-14)9-5-15-4-7-21(2)12-15;1-14-11-15-16-13-20(2)8-5-17(16)22(18(15)12-19-14)10-9-21-6-3-4-7-21;1-13-4-3-6-21(13)8-9-22-16-5-7-20(2)11-15(16)14-10-18-12-19-17(14)22/h9-10,15-16,22H,5-8,11-13H2,1-4H3;4-5,15,20H,6-13H2,1-3H3;10-11,15H,4-9,12-13H2,1-3H3;11-12H,3-10,13H2,1-2H3;10,12-13H,3-9,11H2,1-2H3. The third-order valence-corrected chi connectivity index (χ3v) is 27.8. The Hall–Kier alpha value is -7.10. The summed E-state index contributed by atoms with van der Waals surface area (Å²) in [6.07, 6.45) is 23.7. The lowest BCUT2D eigenvalue weighted by molar-refractivity contribution is 0.167. The van der Waals surface area contributed by atoms with Gasteiger partial charge in [-0.15, -0.1) is 0 Å². The van der Waals surface area contributed by atoms with Gasteiger partial charge in [0, 0.05) is 305 Å². The van der Waals surface area contributed by atoms with Gasteiger partial charge < -0.3 is 67.8 Å². The summed E-state index contributed by atoms with van der Waals surface area (Å²) in [6.45, 7) is 50.7. The minimum Gasteiger partial charge on any atom is -0.342 e. The van der Waals surface area contributed by atoms with Crippen LogP contribution in [0, 0.1) is 33.6 Å². The maximum Gasteiger partial charge on any atom is 0.143 e. The predicted octanol–water partition coefficient (Wildman–Crippen LogP) is 10.6. The molecule has 5 saturated heterocycles. The molecule has 10 aromatic rings. The molecule has 5 atom stereocenters. The zero-order valence-corrected chi connectivity index (χ0v) is 73.3. The van der Waals surface area contributed by atoms with E-state index in [0.29, 0.717) is 18.1 Å². The molecule has 116 heavy (non-hydrogen) atoms. The molecule has 10 aliphatic rings. The third kappa shape index (κ3) is 18.5. The molecule has 23 nitrogen and oxygen atoms in total. The Kier molecular flexibility index (Phi) is 26.2. The van der Waals surface area contributed by atoms with Gasteiger partial charge >= 0.3 is 0 Å². The summed E-state index contributed by atoms with van der Waals surface area (Å²) in [5.74, 6) is 0.852. The normalized spacial score (nSPS) is 22.9. The van der Waals surface area contributed by atoms with Crippen molar-refractivity contribution in [2.45, 2.75) is 216 Å². The predicted molar refractivity (Wildman–Crippen MR) is 474 cm³/mol. The highest BCUT2D eigenvalue weighted by atomic mass is 15.3. The van der Waals surface area contributed by atoms with E-state index < -0.39 is 0 Å². The summed E-state index contributed by atoms with van der Waals surface area (Å²) >= 11 is 0. The van der Waals surface area contributed by atoms with E-state index in [-0.39, 0.29) is 0 Å². The second-order valence-electron chi connectivity index (χ2n) is 37.1. The summed E-state index contributed by atoms with van der Waals surface area (Å²) in [7, 11) is 13.3. The van der Waals surface area contributed by atoms with Crippen LogP contribution in [0.3, 0.4) is 0 Å². The Morgan fingerprint density at radius 1 is 0.397 bits per heavy atom. The van der Waals surface area contributed by atoms with Crippen LogP contribution in [0.5, 0.6) is 0 Å². The van der Waals surface area contributed by atoms with E-state index in [0.717, 1.165) is 204 Å². The Morgan fingerprint density at radius 3 is 1.47 bits per heavy atom. The number of hydrogen-bond donors (Lipinski definition) is 2. The van der Waals surface area contributed by atoms with Crippen LogP contribution in [0.2, 0.25) is 0 Å². The van der Waals surface area contributed by atoms with Gasteiger partial charge in [-0.05, 0) is 226 Å². The van der Waals surface area contributed by atoms with Crippen LogP contribution >= 0.6 is 0 Å². The molecule has 5 fully saturated rings. The van der Waals surface area contributed by atoms with Crippen LogP contribution in [0.1, 0.15) is 145 Å². The molecular weight excluding hydrogens is 1440 g/mol. The van der Waals surface area contributed by atoms with E-state index in [1.807, 2.05) is 12.4 Å². The van der Waals surface area contributed by atoms with E-state index in [4.69, 9.17) is 9.97 Å². The summed E-state index contributed by atoms with van der Waals surface area (Å²) in [5.41, 5.74) is 27.3. The number of pyridine rings is 4. The van der Waals surface area contributed by atoms with E-state index in [1.165, 1.54) is 190 Å². The van der Waals surface area contributed by atoms with Crippen molar-refractivity contribution < 1.29 is 0 Å². The summed E-state index contributed by atoms with van der Waals surface area (Å²) < 4.78 is 12.7. The first kappa shape index (κ1) is 82.6. The molecule has 626 valence electrons. The molecule has 23 heteroatoms. The molecule has 20 rings (SSSR count). The largest absolute Gasteiger partial charge is 0.342 e. The van der Waals surface area contributed by atoms with Crippen molar-refractivity contribution in [3.05, 3.63) is 140 Å². The number of hydrogen-bond acceptors (Lipinski definition) is 18. The van der Waals surface area contributed by atoms with Gasteiger partial charge in [-0.1, -0.05) is 0 Å². The Labute approximate surface area is 692 Å². The fraction of sp³-hybridized carbons (Fsp3) is 0.634. The van der Waals surface area contributed by atoms with Gasteiger partial charge in [0.05, 0.1) is 34.5 Å². The van der Waals surface area contributed by atoms with E-state index >= 15 is 0 Å². The average molecular weight is 1580 g/mol. The topological polar surface area (TPSA) is 158 Å². The number of aryl methyl sites for hydroxylation is 5. The van der Waals surface area contributed by atoms with Crippen LogP contribution < -0.4 is 10.6 Å². The summed E-state index contributed by atoms with van der Waals surface area (Å²) in [4.78, 5) is 52.7. The van der Waals surface area contributed by atoms with Crippen LogP contribution in [0.15, 0.2) is 61.4 Å². The highest BCUT2D eigenvalue weighted by molar-refractivity contribution is 5.87. The van der Waals surface area contributed by atoms with Crippen LogP contribution in [-0.4, -0.2) is 293 Å². The quantitative estimate of drug-likeness (QED) is 0.0997. The van der Waals surface area contributed by atoms with Gasteiger partial charge in [-0.25, -0.2) is 15.0 Å². The lowest BCUT2D eigenvalue weighted by Gasteiger charge is -2.36. The van der Waals surface area contributed by atoms with Crippen molar-refractivity contribution in [3.63, 3.8) is 0 Å². The number of fused-ring (bicyclic) bond motifs is 15. The zero-order chi connectivity index (χ0) is 80.4. The molecule has 0 amide bonds. The number of piperazine rings is 2. The maximum absolute atomic E-state index is 4.88. The van der Waals surface area contributed by atoms with Crippen molar-refractivity contribution >= 4 is 54.9 Å². The number of aromatic nitrogens is 11. The monoisotopic (exact) mass is 1580 g/mol. The highest BCUT2D eigenvalue weighted by Gasteiger charge is 2.32. The Balaban J connectivity index is 0.000000109. The lowest BCUT2D eigenvalue weighted by atomic mass is 10.0. The first-order valence-electron chi connectivity index (χ1n) is 44.9. The van der Waals surface area contributed by atoms with Gasteiger partial charge in [-0.3, -0.25) is 29.7 Å². The molecule has 0 bridgehead atoms. The first-order chi connectivity index (χ1) is 56.2. The van der Waals surface area contributed by atoms with Crippen LogP contribution in [-0.2, 0) is 97.6 Å². The maximum atomic E-state index is 4.88. The van der Waals surface area contributed by atoms with E-state index in [1.54, 1.807) is 17.7 Å². The van der Waals surface area contributed by atoms with Crippen molar-refractivity contribution in [1.29, 1.82) is 0 Å². The minimum atomic E-state index is 0.581. The molecule has 20 heterocycles. The molecule has 10 aromatic heterocycles. The van der Waals surface area contributed by atoms with Gasteiger partial charge in [-0.2, -0.15) is 0 Å². The third-order valence-electron chi connectivity index (χ3n) is 27.8. The van der Waals surface area contributed by atoms with Crippen molar-refractivity contribution in [1.82, 2.24) is 112 Å². The Bertz CT molecular complexity index is 5000. The smallest absolute Gasteiger partial charge is 0.143 e. The zero-order valence-electron chi connectivity index (χ0n) is 73.3. The van der Waals surface area contributed by atoms with E-state index in [9.17, 15) is 0 Å². The molecule has 0 aliphatic carbocycles. The molecule has 2 N–H and O–H groups in total. The number of nitrogens with zero attached hydrogens (tertiary/aromatic N) is 21. The summed E-state index contributed by atoms with van der Waals surface area (Å²) in [6, 6.07) is 13.8. The summed E-state index contributed by atoms with van der Waals surface area (Å²) in [5, 5.41) is 12.6. The first-order valence-corrected chi connectivity index (χ1v) is 44.9. The SMILES string of the molecule is CC1CCCN1CCn1c2c(c3cncnc31)CN(C)CC2.Cc1cc2c3c(n(CCN4CC(C)NC(C)C4)c2cn1)CCN(C)C3.Cc1cc2c3c(n(CCN4CCCC4)c2cn1)CCN(C)C3.Cc1ccc2c(n1)c1c(n2CCN2CCNCC2C)CCN(C)C1.Cc1cnc2c(c1)c1c(n2CCC2CCN(C)C2)CCN(C)C1. The number of likely N-dealkylation sites (tertiary alicyclic amines) is 3. The number of nitrogens with one attached hydrogen (secondary N) is 2. The Morgan fingerprint density at radius 2 is 0.905 bits per heavy atom. The molecule has 0 aromatic carbocycles. The second kappa shape index (κ2) is 36.9. The van der Waals surface area contributed by atoms with E-state index in [2.05, 4.69) is 243 Å². The number of rotatable bonds is 15. The fourth-order valence-electron chi connectivity index (χ4n) is 21.5. The molecule has 10 aliphatic heterocycles.